The molecule has 0 aliphatic rings. The molecule has 0 spiro atoms. The lowest BCUT2D eigenvalue weighted by Gasteiger charge is -2.06. The van der Waals surface area contributed by atoms with Gasteiger partial charge in [0.15, 0.2) is 0 Å². The lowest BCUT2D eigenvalue weighted by molar-refractivity contribution is -0.385. The molecule has 17 heavy (non-hydrogen) atoms. The number of benzene rings is 1. The summed E-state index contributed by atoms with van der Waals surface area (Å²) < 4.78 is 0.905. The highest BCUT2D eigenvalue weighted by atomic mass is 127. The molecule has 0 bridgehead atoms. The van der Waals surface area contributed by atoms with Crippen LogP contribution in [0, 0.1) is 10.1 Å². The number of alkyl halides is 1. The first kappa shape index (κ1) is 14.2. The number of nitro benzene ring substituents is 1. The van der Waals surface area contributed by atoms with Crippen molar-refractivity contribution in [2.45, 2.75) is 6.42 Å². The molecule has 7 heteroatoms. The average Bonchev–Trinajstić information content (AvgIpc) is 2.28. The Morgan fingerprint density at radius 1 is 1.53 bits per heavy atom. The number of hydrogen-bond acceptors (Lipinski definition) is 3. The molecule has 0 aliphatic heterocycles. The zero-order chi connectivity index (χ0) is 12.8. The van der Waals surface area contributed by atoms with Crippen molar-refractivity contribution in [3.05, 3.63) is 38.9 Å². The van der Waals surface area contributed by atoms with Crippen molar-refractivity contribution in [1.82, 2.24) is 5.32 Å². The SMILES string of the molecule is O=C(NCCCI)c1c(Cl)cccc1[N+](=O)[O-]. The van der Waals surface area contributed by atoms with Crippen molar-refractivity contribution in [3.63, 3.8) is 0 Å². The zero-order valence-corrected chi connectivity index (χ0v) is 11.7. The fourth-order valence-corrected chi connectivity index (χ4v) is 1.88. The third kappa shape index (κ3) is 3.81. The topological polar surface area (TPSA) is 72.2 Å². The van der Waals surface area contributed by atoms with Crippen LogP contribution in [0.4, 0.5) is 5.69 Å². The van der Waals surface area contributed by atoms with E-state index in [-0.39, 0.29) is 16.3 Å². The second-order valence-corrected chi connectivity index (χ2v) is 4.68. The number of nitro groups is 1. The smallest absolute Gasteiger partial charge is 0.283 e. The minimum absolute atomic E-state index is 0.0763. The van der Waals surface area contributed by atoms with Crippen LogP contribution in [0.25, 0.3) is 0 Å². The molecule has 0 aromatic heterocycles. The number of halogens is 2. The van der Waals surface area contributed by atoms with Gasteiger partial charge in [0.05, 0.1) is 9.95 Å². The number of rotatable bonds is 5. The Morgan fingerprint density at radius 3 is 2.82 bits per heavy atom. The fourth-order valence-electron chi connectivity index (χ4n) is 1.25. The Balaban J connectivity index is 2.95. The van der Waals surface area contributed by atoms with Gasteiger partial charge in [-0.3, -0.25) is 14.9 Å². The number of carbonyl (C=O) groups excluding carboxylic acids is 1. The molecule has 5 nitrogen and oxygen atoms in total. The second kappa shape index (κ2) is 6.75. The molecule has 0 saturated carbocycles. The van der Waals surface area contributed by atoms with Gasteiger partial charge >= 0.3 is 0 Å². The lowest BCUT2D eigenvalue weighted by Crippen LogP contribution is -2.25. The second-order valence-electron chi connectivity index (χ2n) is 3.19. The highest BCUT2D eigenvalue weighted by Crippen LogP contribution is 2.25. The predicted molar refractivity (Wildman–Crippen MR) is 73.9 cm³/mol. The molecule has 0 aliphatic carbocycles. The summed E-state index contributed by atoms with van der Waals surface area (Å²) >= 11 is 8.00. The van der Waals surface area contributed by atoms with Gasteiger partial charge in [-0.25, -0.2) is 0 Å². The van der Waals surface area contributed by atoms with E-state index in [4.69, 9.17) is 11.6 Å². The molecule has 0 unspecified atom stereocenters. The van der Waals surface area contributed by atoms with Crippen molar-refractivity contribution in [2.24, 2.45) is 0 Å². The van der Waals surface area contributed by atoms with Crippen LogP contribution in [-0.2, 0) is 0 Å². The van der Waals surface area contributed by atoms with Gasteiger partial charge in [0.25, 0.3) is 11.6 Å². The van der Waals surface area contributed by atoms with Gasteiger partial charge in [0.2, 0.25) is 0 Å². The number of hydrogen-bond donors (Lipinski definition) is 1. The largest absolute Gasteiger partial charge is 0.352 e. The zero-order valence-electron chi connectivity index (χ0n) is 8.78. The van der Waals surface area contributed by atoms with E-state index in [1.54, 1.807) is 0 Å². The summed E-state index contributed by atoms with van der Waals surface area (Å²) in [7, 11) is 0. The van der Waals surface area contributed by atoms with E-state index < -0.39 is 10.8 Å². The van der Waals surface area contributed by atoms with Crippen LogP contribution in [0.5, 0.6) is 0 Å². The lowest BCUT2D eigenvalue weighted by atomic mass is 10.1. The van der Waals surface area contributed by atoms with E-state index in [9.17, 15) is 14.9 Å². The number of amides is 1. The number of carbonyl (C=O) groups is 1. The molecule has 0 heterocycles. The standard InChI is InChI=1S/C10H10ClIN2O3/c11-7-3-1-4-8(14(16)17)9(7)10(15)13-6-2-5-12/h1,3-4H,2,5-6H2,(H,13,15). The molecule has 1 rings (SSSR count). The summed E-state index contributed by atoms with van der Waals surface area (Å²) in [4.78, 5) is 21.9. The molecule has 0 fully saturated rings. The van der Waals surface area contributed by atoms with Crippen molar-refractivity contribution in [1.29, 1.82) is 0 Å². The highest BCUT2D eigenvalue weighted by Gasteiger charge is 2.22. The van der Waals surface area contributed by atoms with Gasteiger partial charge in [-0.2, -0.15) is 0 Å². The third-order valence-corrected chi connectivity index (χ3v) is 3.09. The molecule has 1 amide bonds. The summed E-state index contributed by atoms with van der Waals surface area (Å²) in [5.74, 6) is -0.507. The summed E-state index contributed by atoms with van der Waals surface area (Å²) in [6, 6.07) is 4.17. The van der Waals surface area contributed by atoms with Gasteiger partial charge in [0.1, 0.15) is 5.56 Å². The quantitative estimate of drug-likeness (QED) is 0.286. The van der Waals surface area contributed by atoms with Crippen LogP contribution in [0.1, 0.15) is 16.8 Å². The van der Waals surface area contributed by atoms with E-state index in [0.29, 0.717) is 6.54 Å². The number of nitrogens with zero attached hydrogens (tertiary/aromatic N) is 1. The summed E-state index contributed by atoms with van der Waals surface area (Å²) in [6.07, 6.45) is 0.810. The minimum Gasteiger partial charge on any atom is -0.352 e. The molecular weight excluding hydrogens is 358 g/mol. The van der Waals surface area contributed by atoms with Crippen LogP contribution in [0.3, 0.4) is 0 Å². The van der Waals surface area contributed by atoms with Gasteiger partial charge < -0.3 is 5.32 Å². The van der Waals surface area contributed by atoms with Crippen LogP contribution in [0.2, 0.25) is 5.02 Å². The fraction of sp³-hybridized carbons (Fsp3) is 0.300. The first-order chi connectivity index (χ1) is 8.07. The first-order valence-corrected chi connectivity index (χ1v) is 6.75. The Labute approximate surface area is 117 Å². The van der Waals surface area contributed by atoms with Gasteiger partial charge in [-0.1, -0.05) is 40.3 Å². The highest BCUT2D eigenvalue weighted by molar-refractivity contribution is 14.1. The van der Waals surface area contributed by atoms with Crippen LogP contribution in [-0.4, -0.2) is 21.8 Å². The van der Waals surface area contributed by atoms with Crippen molar-refractivity contribution in [2.75, 3.05) is 11.0 Å². The molecule has 0 saturated heterocycles. The monoisotopic (exact) mass is 368 g/mol. The maximum atomic E-state index is 11.8. The van der Waals surface area contributed by atoms with Crippen LogP contribution >= 0.6 is 34.2 Å². The summed E-state index contributed by atoms with van der Waals surface area (Å²) in [5, 5.41) is 13.5. The van der Waals surface area contributed by atoms with Crippen molar-refractivity contribution >= 4 is 45.8 Å². The average molecular weight is 369 g/mol. The molecule has 0 atom stereocenters. The Bertz CT molecular complexity index is 440. The summed E-state index contributed by atoms with van der Waals surface area (Å²) in [5.41, 5.74) is -0.350. The van der Waals surface area contributed by atoms with Crippen molar-refractivity contribution in [3.8, 4) is 0 Å². The van der Waals surface area contributed by atoms with E-state index in [0.717, 1.165) is 10.8 Å². The van der Waals surface area contributed by atoms with E-state index >= 15 is 0 Å². The Kier molecular flexibility index (Phi) is 5.63. The molecule has 1 aromatic carbocycles. The van der Waals surface area contributed by atoms with E-state index in [1.165, 1.54) is 18.2 Å². The third-order valence-electron chi connectivity index (χ3n) is 2.01. The van der Waals surface area contributed by atoms with Gasteiger partial charge in [0, 0.05) is 17.0 Å². The predicted octanol–water partition coefficient (Wildman–Crippen LogP) is 2.80. The number of nitrogens with one attached hydrogen (secondary N) is 1. The van der Waals surface area contributed by atoms with E-state index in [2.05, 4.69) is 27.9 Å². The molecule has 1 N–H and O–H groups in total. The van der Waals surface area contributed by atoms with Crippen LogP contribution < -0.4 is 5.32 Å². The van der Waals surface area contributed by atoms with Gasteiger partial charge in [-0.05, 0) is 12.5 Å². The maximum Gasteiger partial charge on any atom is 0.283 e. The van der Waals surface area contributed by atoms with E-state index in [1.807, 2.05) is 0 Å². The van der Waals surface area contributed by atoms with Crippen LogP contribution in [0.15, 0.2) is 18.2 Å². The molecular formula is C10H10ClIN2O3. The molecule has 0 radical (unpaired) electrons. The van der Waals surface area contributed by atoms with Crippen molar-refractivity contribution < 1.29 is 9.72 Å². The summed E-state index contributed by atoms with van der Waals surface area (Å²) in [6.45, 7) is 0.476. The molecule has 92 valence electrons. The Morgan fingerprint density at radius 2 is 2.24 bits per heavy atom. The first-order valence-electron chi connectivity index (χ1n) is 4.85. The normalized spacial score (nSPS) is 10.0. The Hall–Kier alpha value is -0.890. The maximum absolute atomic E-state index is 11.8. The van der Waals surface area contributed by atoms with Gasteiger partial charge in [-0.15, -0.1) is 0 Å². The molecule has 1 aromatic rings. The minimum atomic E-state index is -0.612.